The molecule has 0 radical (unpaired) electrons. The van der Waals surface area contributed by atoms with Crippen molar-refractivity contribution in [2.75, 3.05) is 35.7 Å². The predicted molar refractivity (Wildman–Crippen MR) is 136 cm³/mol. The fourth-order valence-corrected chi connectivity index (χ4v) is 2.88. The zero-order chi connectivity index (χ0) is 24.4. The van der Waals surface area contributed by atoms with Gasteiger partial charge in [0.2, 0.25) is 11.8 Å². The van der Waals surface area contributed by atoms with Crippen molar-refractivity contribution in [1.82, 2.24) is 0 Å². The van der Waals surface area contributed by atoms with E-state index < -0.39 is 5.41 Å². The van der Waals surface area contributed by atoms with Gasteiger partial charge in [-0.05, 0) is 54.6 Å². The van der Waals surface area contributed by atoms with Gasteiger partial charge in [-0.15, -0.1) is 0 Å². The Morgan fingerprint density at radius 3 is 1.97 bits per heavy atom. The SMILES string of the molecule is CC(C)(C)C(=O)Nc1cccc(NCC(=O)Nc2ccc(OCCOc3ccccc3)cc2)c1. The maximum Gasteiger partial charge on any atom is 0.243 e. The molecule has 0 bridgehead atoms. The lowest BCUT2D eigenvalue weighted by molar-refractivity contribution is -0.123. The fourth-order valence-electron chi connectivity index (χ4n) is 2.88. The molecule has 7 heteroatoms. The van der Waals surface area contributed by atoms with Crippen LogP contribution >= 0.6 is 0 Å². The van der Waals surface area contributed by atoms with Crippen LogP contribution in [0.5, 0.6) is 11.5 Å². The topological polar surface area (TPSA) is 88.7 Å². The second kappa shape index (κ2) is 11.7. The highest BCUT2D eigenvalue weighted by Gasteiger charge is 2.21. The Bertz CT molecular complexity index is 1080. The van der Waals surface area contributed by atoms with E-state index in [4.69, 9.17) is 9.47 Å². The highest BCUT2D eigenvalue weighted by molar-refractivity contribution is 5.95. The van der Waals surface area contributed by atoms with Crippen LogP contribution in [0.2, 0.25) is 0 Å². The van der Waals surface area contributed by atoms with Crippen LogP contribution in [0.3, 0.4) is 0 Å². The zero-order valence-electron chi connectivity index (χ0n) is 19.8. The number of carbonyl (C=O) groups excluding carboxylic acids is 2. The van der Waals surface area contributed by atoms with E-state index in [1.165, 1.54) is 0 Å². The van der Waals surface area contributed by atoms with Crippen LogP contribution in [-0.4, -0.2) is 31.6 Å². The summed E-state index contributed by atoms with van der Waals surface area (Å²) in [6, 6.07) is 24.0. The average molecular weight is 462 g/mol. The lowest BCUT2D eigenvalue weighted by atomic mass is 9.95. The lowest BCUT2D eigenvalue weighted by Gasteiger charge is -2.18. The van der Waals surface area contributed by atoms with Crippen molar-refractivity contribution >= 4 is 28.9 Å². The third kappa shape index (κ3) is 8.16. The minimum Gasteiger partial charge on any atom is -0.490 e. The van der Waals surface area contributed by atoms with E-state index in [-0.39, 0.29) is 18.4 Å². The lowest BCUT2D eigenvalue weighted by Crippen LogP contribution is -2.27. The van der Waals surface area contributed by atoms with Gasteiger partial charge in [0.05, 0.1) is 6.54 Å². The highest BCUT2D eigenvalue weighted by Crippen LogP contribution is 2.20. The minimum atomic E-state index is -0.486. The predicted octanol–water partition coefficient (Wildman–Crippen LogP) is 5.18. The summed E-state index contributed by atoms with van der Waals surface area (Å²) in [5.41, 5.74) is 1.60. The Morgan fingerprint density at radius 1 is 0.706 bits per heavy atom. The zero-order valence-corrected chi connectivity index (χ0v) is 19.8. The van der Waals surface area contributed by atoms with Crippen LogP contribution in [0.25, 0.3) is 0 Å². The van der Waals surface area contributed by atoms with Crippen molar-refractivity contribution in [3.8, 4) is 11.5 Å². The molecule has 0 aliphatic heterocycles. The van der Waals surface area contributed by atoms with E-state index in [0.29, 0.717) is 30.3 Å². The van der Waals surface area contributed by atoms with Crippen LogP contribution in [0.1, 0.15) is 20.8 Å². The number of amides is 2. The first-order chi connectivity index (χ1) is 16.3. The summed E-state index contributed by atoms with van der Waals surface area (Å²) in [5.74, 6) is 1.24. The van der Waals surface area contributed by atoms with E-state index in [0.717, 1.165) is 11.4 Å². The maximum absolute atomic E-state index is 12.3. The van der Waals surface area contributed by atoms with Crippen LogP contribution in [0.15, 0.2) is 78.9 Å². The number of carbonyl (C=O) groups is 2. The molecule has 0 saturated carbocycles. The van der Waals surface area contributed by atoms with Gasteiger partial charge >= 0.3 is 0 Å². The third-order valence-electron chi connectivity index (χ3n) is 4.76. The largest absolute Gasteiger partial charge is 0.490 e. The number of benzene rings is 3. The number of hydrogen-bond acceptors (Lipinski definition) is 5. The molecule has 3 aromatic carbocycles. The summed E-state index contributed by atoms with van der Waals surface area (Å²) >= 11 is 0. The molecule has 0 spiro atoms. The number of ether oxygens (including phenoxy) is 2. The molecule has 3 aromatic rings. The molecule has 0 fully saturated rings. The summed E-state index contributed by atoms with van der Waals surface area (Å²) in [6.07, 6.45) is 0. The standard InChI is InChI=1S/C27H31N3O4/c1-27(2,3)26(32)30-22-9-7-8-21(18-22)28-19-25(31)29-20-12-14-24(15-13-20)34-17-16-33-23-10-5-4-6-11-23/h4-15,18,28H,16-17,19H2,1-3H3,(H,29,31)(H,30,32). The highest BCUT2D eigenvalue weighted by atomic mass is 16.5. The third-order valence-corrected chi connectivity index (χ3v) is 4.76. The van der Waals surface area contributed by atoms with Gasteiger partial charge in [0.15, 0.2) is 0 Å². The average Bonchev–Trinajstić information content (AvgIpc) is 2.82. The normalized spacial score (nSPS) is 10.8. The Hall–Kier alpha value is -4.00. The van der Waals surface area contributed by atoms with Gasteiger partial charge < -0.3 is 25.4 Å². The van der Waals surface area contributed by atoms with Crippen molar-refractivity contribution in [3.05, 3.63) is 78.9 Å². The molecule has 0 unspecified atom stereocenters. The summed E-state index contributed by atoms with van der Waals surface area (Å²) in [4.78, 5) is 24.5. The Labute approximate surface area is 200 Å². The molecule has 0 atom stereocenters. The molecular weight excluding hydrogens is 430 g/mol. The van der Waals surface area contributed by atoms with Crippen molar-refractivity contribution in [2.45, 2.75) is 20.8 Å². The van der Waals surface area contributed by atoms with E-state index in [2.05, 4.69) is 16.0 Å². The first-order valence-electron chi connectivity index (χ1n) is 11.2. The molecule has 34 heavy (non-hydrogen) atoms. The van der Waals surface area contributed by atoms with E-state index in [1.54, 1.807) is 30.3 Å². The summed E-state index contributed by atoms with van der Waals surface area (Å²) < 4.78 is 11.3. The summed E-state index contributed by atoms with van der Waals surface area (Å²) in [7, 11) is 0. The minimum absolute atomic E-state index is 0.0708. The molecule has 7 nitrogen and oxygen atoms in total. The molecule has 178 valence electrons. The van der Waals surface area contributed by atoms with E-state index in [1.807, 2.05) is 69.3 Å². The number of rotatable bonds is 10. The van der Waals surface area contributed by atoms with Crippen LogP contribution in [0.4, 0.5) is 17.1 Å². The second-order valence-electron chi connectivity index (χ2n) is 8.72. The van der Waals surface area contributed by atoms with Crippen LogP contribution in [-0.2, 0) is 9.59 Å². The van der Waals surface area contributed by atoms with Crippen LogP contribution in [0, 0.1) is 5.41 Å². The number of anilines is 3. The second-order valence-corrected chi connectivity index (χ2v) is 8.72. The van der Waals surface area contributed by atoms with Gasteiger partial charge in [-0.1, -0.05) is 45.0 Å². The number of para-hydroxylation sites is 1. The van der Waals surface area contributed by atoms with E-state index >= 15 is 0 Å². The quantitative estimate of drug-likeness (QED) is 0.362. The van der Waals surface area contributed by atoms with Crippen LogP contribution < -0.4 is 25.4 Å². The number of nitrogens with one attached hydrogen (secondary N) is 3. The van der Waals surface area contributed by atoms with Gasteiger partial charge in [0.1, 0.15) is 24.7 Å². The van der Waals surface area contributed by atoms with Crippen molar-refractivity contribution in [2.24, 2.45) is 5.41 Å². The molecule has 0 aromatic heterocycles. The summed E-state index contributed by atoms with van der Waals surface area (Å²) in [6.45, 7) is 6.51. The molecular formula is C27H31N3O4. The van der Waals surface area contributed by atoms with Gasteiger partial charge in [-0.3, -0.25) is 9.59 Å². The monoisotopic (exact) mass is 461 g/mol. The number of hydrogen-bond donors (Lipinski definition) is 3. The molecule has 0 saturated heterocycles. The molecule has 2 amide bonds. The van der Waals surface area contributed by atoms with Crippen molar-refractivity contribution in [1.29, 1.82) is 0 Å². The van der Waals surface area contributed by atoms with Crippen molar-refractivity contribution < 1.29 is 19.1 Å². The van der Waals surface area contributed by atoms with Gasteiger partial charge in [0, 0.05) is 22.5 Å². The Morgan fingerprint density at radius 2 is 1.32 bits per heavy atom. The van der Waals surface area contributed by atoms with Crippen molar-refractivity contribution in [3.63, 3.8) is 0 Å². The molecule has 3 N–H and O–H groups in total. The van der Waals surface area contributed by atoms with Gasteiger partial charge in [0.25, 0.3) is 0 Å². The Balaban J connectivity index is 1.40. The van der Waals surface area contributed by atoms with E-state index in [9.17, 15) is 9.59 Å². The van der Waals surface area contributed by atoms with Gasteiger partial charge in [-0.2, -0.15) is 0 Å². The molecule has 0 aliphatic carbocycles. The molecule has 0 aliphatic rings. The fraction of sp³-hybridized carbons (Fsp3) is 0.259. The van der Waals surface area contributed by atoms with Gasteiger partial charge in [-0.25, -0.2) is 0 Å². The first-order valence-corrected chi connectivity index (χ1v) is 11.2. The summed E-state index contributed by atoms with van der Waals surface area (Å²) in [5, 5.41) is 8.80. The molecule has 3 rings (SSSR count). The first kappa shape index (κ1) is 24.6. The molecule has 0 heterocycles. The smallest absolute Gasteiger partial charge is 0.243 e. The Kier molecular flexibility index (Phi) is 8.51. The maximum atomic E-state index is 12.3.